The Labute approximate surface area is 202 Å². The molecule has 4 rings (SSSR count). The van der Waals surface area contributed by atoms with E-state index in [1.54, 1.807) is 0 Å². The summed E-state index contributed by atoms with van der Waals surface area (Å²) in [7, 11) is 0. The molecule has 0 spiro atoms. The van der Waals surface area contributed by atoms with Crippen LogP contribution in [0.5, 0.6) is 5.75 Å². The molecule has 0 atom stereocenters. The van der Waals surface area contributed by atoms with Crippen molar-refractivity contribution in [2.24, 2.45) is 0 Å². The SMILES string of the molecule is CCCOc1cccc(-n2cc(CCc3ccccc3)c3cc(CCC(=O)OCC)ccc32)c1. The van der Waals surface area contributed by atoms with Crippen molar-refractivity contribution >= 4 is 16.9 Å². The quantitative estimate of drug-likeness (QED) is 0.236. The van der Waals surface area contributed by atoms with Gasteiger partial charge in [0.05, 0.1) is 18.7 Å². The van der Waals surface area contributed by atoms with Gasteiger partial charge < -0.3 is 14.0 Å². The monoisotopic (exact) mass is 455 g/mol. The minimum absolute atomic E-state index is 0.145. The molecule has 4 aromatic rings. The number of fused-ring (bicyclic) bond motifs is 1. The highest BCUT2D eigenvalue weighted by Crippen LogP contribution is 2.29. The zero-order chi connectivity index (χ0) is 23.8. The summed E-state index contributed by atoms with van der Waals surface area (Å²) in [5, 5.41) is 1.23. The van der Waals surface area contributed by atoms with Crippen LogP contribution in [0.3, 0.4) is 0 Å². The topological polar surface area (TPSA) is 40.5 Å². The fourth-order valence-corrected chi connectivity index (χ4v) is 4.26. The molecule has 0 N–H and O–H groups in total. The molecule has 0 saturated heterocycles. The second kappa shape index (κ2) is 11.6. The molecule has 0 fully saturated rings. The van der Waals surface area contributed by atoms with Gasteiger partial charge in [-0.1, -0.05) is 49.4 Å². The molecule has 0 bridgehead atoms. The second-order valence-corrected chi connectivity index (χ2v) is 8.51. The van der Waals surface area contributed by atoms with E-state index in [1.165, 1.54) is 16.5 Å². The number of carbonyl (C=O) groups is 1. The van der Waals surface area contributed by atoms with Gasteiger partial charge in [-0.05, 0) is 73.6 Å². The third kappa shape index (κ3) is 5.88. The Bertz CT molecular complexity index is 1230. The van der Waals surface area contributed by atoms with Gasteiger partial charge in [0.2, 0.25) is 0 Å². The van der Waals surface area contributed by atoms with Gasteiger partial charge in [-0.25, -0.2) is 0 Å². The summed E-state index contributed by atoms with van der Waals surface area (Å²) >= 11 is 0. The van der Waals surface area contributed by atoms with Crippen LogP contribution in [-0.2, 0) is 28.8 Å². The van der Waals surface area contributed by atoms with Gasteiger partial charge in [0.15, 0.2) is 0 Å². The van der Waals surface area contributed by atoms with E-state index in [1.807, 2.05) is 19.1 Å². The Morgan fingerprint density at radius 1 is 0.853 bits per heavy atom. The molecule has 34 heavy (non-hydrogen) atoms. The first-order chi connectivity index (χ1) is 16.7. The Balaban J connectivity index is 1.67. The van der Waals surface area contributed by atoms with Crippen LogP contribution in [-0.4, -0.2) is 23.8 Å². The van der Waals surface area contributed by atoms with Crippen LogP contribution in [0.4, 0.5) is 0 Å². The van der Waals surface area contributed by atoms with E-state index < -0.39 is 0 Å². The van der Waals surface area contributed by atoms with E-state index in [9.17, 15) is 4.79 Å². The van der Waals surface area contributed by atoms with Gasteiger partial charge in [0.1, 0.15) is 5.75 Å². The average molecular weight is 456 g/mol. The zero-order valence-corrected chi connectivity index (χ0v) is 20.1. The average Bonchev–Trinajstić information content (AvgIpc) is 3.24. The summed E-state index contributed by atoms with van der Waals surface area (Å²) < 4.78 is 13.2. The van der Waals surface area contributed by atoms with Crippen molar-refractivity contribution in [2.75, 3.05) is 13.2 Å². The highest BCUT2D eigenvalue weighted by atomic mass is 16.5. The maximum Gasteiger partial charge on any atom is 0.306 e. The van der Waals surface area contributed by atoms with Crippen LogP contribution in [0.25, 0.3) is 16.6 Å². The maximum atomic E-state index is 11.9. The number of aromatic nitrogens is 1. The standard InChI is InChI=1S/C30H33NO3/c1-3-19-34-27-12-8-11-26(21-27)31-22-25(16-13-23-9-6-5-7-10-23)28-20-24(14-17-29(28)31)15-18-30(32)33-4-2/h5-12,14,17,20-22H,3-4,13,15-16,18-19H2,1-2H3. The molecule has 0 aliphatic rings. The summed E-state index contributed by atoms with van der Waals surface area (Å²) in [6, 6.07) is 25.4. The predicted octanol–water partition coefficient (Wildman–Crippen LogP) is 6.70. The molecular formula is C30H33NO3. The third-order valence-corrected chi connectivity index (χ3v) is 5.97. The molecule has 3 aromatic carbocycles. The van der Waals surface area contributed by atoms with Crippen LogP contribution < -0.4 is 4.74 Å². The van der Waals surface area contributed by atoms with Crippen molar-refractivity contribution in [1.29, 1.82) is 0 Å². The Hall–Kier alpha value is -3.53. The molecule has 0 amide bonds. The number of carbonyl (C=O) groups excluding carboxylic acids is 1. The minimum atomic E-state index is -0.145. The normalized spacial score (nSPS) is 11.0. The molecule has 4 nitrogen and oxygen atoms in total. The summed E-state index contributed by atoms with van der Waals surface area (Å²) in [5.41, 5.74) is 6.03. The first kappa shape index (κ1) is 23.6. The smallest absolute Gasteiger partial charge is 0.306 e. The van der Waals surface area contributed by atoms with E-state index in [0.717, 1.165) is 41.8 Å². The maximum absolute atomic E-state index is 11.9. The summed E-state index contributed by atoms with van der Waals surface area (Å²) in [6.07, 6.45) is 6.23. The summed E-state index contributed by atoms with van der Waals surface area (Å²) in [4.78, 5) is 11.9. The van der Waals surface area contributed by atoms with Crippen molar-refractivity contribution in [2.45, 2.75) is 46.0 Å². The van der Waals surface area contributed by atoms with Gasteiger partial charge >= 0.3 is 5.97 Å². The molecule has 0 unspecified atom stereocenters. The van der Waals surface area contributed by atoms with Gasteiger partial charge in [-0.15, -0.1) is 0 Å². The zero-order valence-electron chi connectivity index (χ0n) is 20.1. The largest absolute Gasteiger partial charge is 0.494 e. The third-order valence-electron chi connectivity index (χ3n) is 5.97. The fourth-order valence-electron chi connectivity index (χ4n) is 4.26. The Morgan fingerprint density at radius 3 is 2.50 bits per heavy atom. The van der Waals surface area contributed by atoms with Crippen LogP contribution in [0.1, 0.15) is 43.4 Å². The van der Waals surface area contributed by atoms with E-state index in [-0.39, 0.29) is 5.97 Å². The van der Waals surface area contributed by atoms with Crippen molar-refractivity contribution in [3.63, 3.8) is 0 Å². The molecular weight excluding hydrogens is 422 g/mol. The Morgan fingerprint density at radius 2 is 1.71 bits per heavy atom. The number of aryl methyl sites for hydroxylation is 3. The lowest BCUT2D eigenvalue weighted by Crippen LogP contribution is -2.05. The van der Waals surface area contributed by atoms with Gasteiger partial charge in [0.25, 0.3) is 0 Å². The molecule has 0 saturated carbocycles. The van der Waals surface area contributed by atoms with Crippen molar-refractivity contribution in [3.05, 3.63) is 95.7 Å². The number of hydrogen-bond acceptors (Lipinski definition) is 3. The number of hydrogen-bond donors (Lipinski definition) is 0. The number of rotatable bonds is 11. The van der Waals surface area contributed by atoms with Crippen LogP contribution >= 0.6 is 0 Å². The lowest BCUT2D eigenvalue weighted by atomic mass is 10.0. The van der Waals surface area contributed by atoms with Crippen molar-refractivity contribution in [3.8, 4) is 11.4 Å². The number of esters is 1. The highest BCUT2D eigenvalue weighted by molar-refractivity contribution is 5.86. The first-order valence-electron chi connectivity index (χ1n) is 12.2. The van der Waals surface area contributed by atoms with Crippen molar-refractivity contribution in [1.82, 2.24) is 4.57 Å². The van der Waals surface area contributed by atoms with Gasteiger partial charge in [-0.3, -0.25) is 4.79 Å². The highest BCUT2D eigenvalue weighted by Gasteiger charge is 2.13. The minimum Gasteiger partial charge on any atom is -0.494 e. The molecule has 176 valence electrons. The first-order valence-corrected chi connectivity index (χ1v) is 12.2. The van der Waals surface area contributed by atoms with E-state index >= 15 is 0 Å². The Kier molecular flexibility index (Phi) is 8.03. The molecule has 1 heterocycles. The molecule has 0 radical (unpaired) electrons. The van der Waals surface area contributed by atoms with Crippen LogP contribution in [0.2, 0.25) is 0 Å². The van der Waals surface area contributed by atoms with E-state index in [0.29, 0.717) is 26.1 Å². The van der Waals surface area contributed by atoms with Gasteiger partial charge in [0, 0.05) is 29.8 Å². The second-order valence-electron chi connectivity index (χ2n) is 8.51. The summed E-state index contributed by atoms with van der Waals surface area (Å²) in [5.74, 6) is 0.742. The van der Waals surface area contributed by atoms with E-state index in [2.05, 4.69) is 78.4 Å². The molecule has 0 aliphatic carbocycles. The summed E-state index contributed by atoms with van der Waals surface area (Å²) in [6.45, 7) is 5.09. The fraction of sp³-hybridized carbons (Fsp3) is 0.300. The van der Waals surface area contributed by atoms with E-state index in [4.69, 9.17) is 9.47 Å². The van der Waals surface area contributed by atoms with Crippen molar-refractivity contribution < 1.29 is 14.3 Å². The number of ether oxygens (including phenoxy) is 2. The van der Waals surface area contributed by atoms with Crippen LogP contribution in [0, 0.1) is 0 Å². The number of nitrogens with zero attached hydrogens (tertiary/aromatic N) is 1. The predicted molar refractivity (Wildman–Crippen MR) is 138 cm³/mol. The van der Waals surface area contributed by atoms with Gasteiger partial charge in [-0.2, -0.15) is 0 Å². The lowest BCUT2D eigenvalue weighted by molar-refractivity contribution is -0.143. The number of benzene rings is 3. The molecule has 1 aromatic heterocycles. The van der Waals surface area contributed by atoms with Crippen LogP contribution in [0.15, 0.2) is 79.0 Å². The lowest BCUT2D eigenvalue weighted by Gasteiger charge is -2.10. The molecule has 0 aliphatic heterocycles. The molecule has 4 heteroatoms.